The van der Waals surface area contributed by atoms with Crippen molar-refractivity contribution in [2.24, 2.45) is 0 Å². The summed E-state index contributed by atoms with van der Waals surface area (Å²) in [5.41, 5.74) is 0.393. The van der Waals surface area contributed by atoms with Crippen LogP contribution in [0.25, 0.3) is 0 Å². The molecule has 0 radical (unpaired) electrons. The van der Waals surface area contributed by atoms with Crippen LogP contribution in [-0.2, 0) is 18.6 Å². The smallest absolute Gasteiger partial charge is 0.352 e. The van der Waals surface area contributed by atoms with Crippen molar-refractivity contribution < 1.29 is 36.6 Å². The maximum atomic E-state index is 12.5. The molecule has 2 aliphatic rings. The molecule has 1 N–H and O–H groups in total. The van der Waals surface area contributed by atoms with E-state index in [1.807, 2.05) is 0 Å². The van der Waals surface area contributed by atoms with Gasteiger partial charge in [-0.15, -0.1) is 0 Å². The highest BCUT2D eigenvalue weighted by Gasteiger charge is 2.41. The number of alkyl halides is 3. The molecule has 0 aromatic carbocycles. The molecule has 154 valence electrons. The number of ether oxygens (including phenoxy) is 1. The third-order valence-electron chi connectivity index (χ3n) is 3.86. The van der Waals surface area contributed by atoms with Crippen LogP contribution in [0.4, 0.5) is 18.0 Å². The predicted molar refractivity (Wildman–Crippen MR) is 90.2 cm³/mol. The van der Waals surface area contributed by atoms with Crippen molar-refractivity contribution in [2.45, 2.75) is 31.3 Å². The Hall–Kier alpha value is -1.00. The Balaban J connectivity index is 1.98. The van der Waals surface area contributed by atoms with Gasteiger partial charge in [0.2, 0.25) is 0 Å². The van der Waals surface area contributed by atoms with E-state index in [-0.39, 0.29) is 19.7 Å². The van der Waals surface area contributed by atoms with E-state index in [1.54, 1.807) is 0 Å². The summed E-state index contributed by atoms with van der Waals surface area (Å²) < 4.78 is 59.0. The molecular weight excluding hydrogens is 437 g/mol. The van der Waals surface area contributed by atoms with E-state index in [0.29, 0.717) is 23.3 Å². The molecule has 0 aromatic heterocycles. The fourth-order valence-corrected chi connectivity index (χ4v) is 3.35. The Morgan fingerprint density at radius 2 is 2.15 bits per heavy atom. The van der Waals surface area contributed by atoms with E-state index in [2.05, 4.69) is 5.32 Å². The summed E-state index contributed by atoms with van der Waals surface area (Å²) >= 11 is 10.6. The quantitative estimate of drug-likeness (QED) is 0.624. The van der Waals surface area contributed by atoms with Crippen LogP contribution in [-0.4, -0.2) is 67.0 Å². The van der Waals surface area contributed by atoms with E-state index in [9.17, 15) is 27.3 Å². The highest BCUT2D eigenvalue weighted by molar-refractivity contribution is 8.05. The molecule has 2 heterocycles. The molecule has 1 fully saturated rings. The normalized spacial score (nSPS) is 23.9. The van der Waals surface area contributed by atoms with Gasteiger partial charge in [-0.1, -0.05) is 0 Å². The first-order valence-electron chi connectivity index (χ1n) is 7.74. The summed E-state index contributed by atoms with van der Waals surface area (Å²) in [6, 6.07) is -0.490. The number of hydrogen-bond donors (Lipinski definition) is 1. The molecule has 3 amide bonds. The van der Waals surface area contributed by atoms with Crippen LogP contribution in [0.2, 0.25) is 0 Å². The van der Waals surface area contributed by atoms with Gasteiger partial charge in [-0.3, -0.25) is 14.3 Å². The lowest BCUT2D eigenvalue weighted by molar-refractivity contribution is -0.183. The van der Waals surface area contributed by atoms with Gasteiger partial charge in [0.1, 0.15) is 6.23 Å². The van der Waals surface area contributed by atoms with Gasteiger partial charge in [0.15, 0.2) is 0 Å². The Kier molecular flexibility index (Phi) is 7.07. The highest BCUT2D eigenvalue weighted by Crippen LogP contribution is 2.57. The van der Waals surface area contributed by atoms with Crippen LogP contribution in [0.15, 0.2) is 11.8 Å². The fraction of sp³-hybridized carbons (Fsp3) is 0.692. The van der Waals surface area contributed by atoms with Gasteiger partial charge in [-0.05, 0) is 40.9 Å². The molecule has 0 aromatic rings. The zero-order valence-corrected chi connectivity index (χ0v) is 16.4. The largest absolute Gasteiger partial charge is 0.471 e. The topological polar surface area (TPSA) is 88.2 Å². The second-order valence-corrected chi connectivity index (χ2v) is 10.3. The third kappa shape index (κ3) is 6.53. The predicted octanol–water partition coefficient (Wildman–Crippen LogP) is 3.02. The van der Waals surface area contributed by atoms with Crippen molar-refractivity contribution in [3.63, 3.8) is 0 Å². The van der Waals surface area contributed by atoms with E-state index >= 15 is 0 Å². The number of likely N-dealkylation sites (N-methyl/N-ethyl adjacent to an activating group) is 1. The van der Waals surface area contributed by atoms with Crippen LogP contribution in [0.3, 0.4) is 0 Å². The van der Waals surface area contributed by atoms with Gasteiger partial charge >= 0.3 is 24.2 Å². The maximum Gasteiger partial charge on any atom is 0.471 e. The van der Waals surface area contributed by atoms with Gasteiger partial charge in [-0.25, -0.2) is 4.79 Å². The minimum absolute atomic E-state index is 0.00570. The van der Waals surface area contributed by atoms with Gasteiger partial charge in [0.05, 0.1) is 12.7 Å². The third-order valence-corrected chi connectivity index (χ3v) is 4.89. The number of amides is 3. The van der Waals surface area contributed by atoms with Crippen molar-refractivity contribution >= 4 is 40.5 Å². The average molecular weight is 454 g/mol. The second-order valence-electron chi connectivity index (χ2n) is 6.01. The molecule has 2 atom stereocenters. The van der Waals surface area contributed by atoms with Crippen molar-refractivity contribution in [1.29, 1.82) is 0 Å². The van der Waals surface area contributed by atoms with E-state index in [1.165, 1.54) is 11.1 Å². The summed E-state index contributed by atoms with van der Waals surface area (Å²) in [6.07, 6.45) is -7.62. The SMILES string of the molecule is CN(CC1=CN([C@H]2CC[C@@H](COP(=O)(Cl)Cl)O2)C(=O)NC1)C(=O)C(F)(F)F. The first-order chi connectivity index (χ1) is 12.4. The lowest BCUT2D eigenvalue weighted by Crippen LogP contribution is -2.49. The molecular formula is C13H17Cl2F3N3O5P. The molecule has 2 rings (SSSR count). The summed E-state index contributed by atoms with van der Waals surface area (Å²) in [6.45, 7) is -0.433. The number of carbonyl (C=O) groups excluding carboxylic acids is 2. The van der Waals surface area contributed by atoms with Gasteiger partial charge in [0, 0.05) is 26.3 Å². The van der Waals surface area contributed by atoms with Gasteiger partial charge < -0.3 is 19.5 Å². The Labute approximate surface area is 162 Å². The highest BCUT2D eigenvalue weighted by atomic mass is 35.9. The van der Waals surface area contributed by atoms with Crippen molar-refractivity contribution in [3.05, 3.63) is 11.8 Å². The first-order valence-corrected chi connectivity index (χ1v) is 11.2. The van der Waals surface area contributed by atoms with Crippen LogP contribution in [0.1, 0.15) is 12.8 Å². The Morgan fingerprint density at radius 3 is 2.74 bits per heavy atom. The zero-order valence-electron chi connectivity index (χ0n) is 14.0. The van der Waals surface area contributed by atoms with Crippen molar-refractivity contribution in [1.82, 2.24) is 15.1 Å². The number of carbonyl (C=O) groups is 2. The molecule has 0 saturated carbocycles. The summed E-state index contributed by atoms with van der Waals surface area (Å²) in [4.78, 5) is 25.0. The summed E-state index contributed by atoms with van der Waals surface area (Å²) in [5.74, 6) is -1.98. The molecule has 8 nitrogen and oxygen atoms in total. The molecule has 0 spiro atoms. The number of nitrogens with one attached hydrogen (secondary N) is 1. The fourth-order valence-electron chi connectivity index (χ4n) is 2.67. The van der Waals surface area contributed by atoms with Crippen LogP contribution in [0, 0.1) is 0 Å². The summed E-state index contributed by atoms with van der Waals surface area (Å²) in [5, 5.41) is 2.51. The molecule has 0 aliphatic carbocycles. The van der Waals surface area contributed by atoms with Crippen LogP contribution in [0.5, 0.6) is 0 Å². The number of urea groups is 1. The lowest BCUT2D eigenvalue weighted by atomic mass is 10.2. The minimum atomic E-state index is -4.97. The number of rotatable bonds is 6. The molecule has 1 saturated heterocycles. The zero-order chi connectivity index (χ0) is 20.4. The molecule has 27 heavy (non-hydrogen) atoms. The van der Waals surface area contributed by atoms with Gasteiger partial charge in [-0.2, -0.15) is 13.2 Å². The van der Waals surface area contributed by atoms with Gasteiger partial charge in [0.25, 0.3) is 0 Å². The number of halogens is 5. The Bertz CT molecular complexity index is 672. The number of nitrogens with zero attached hydrogens (tertiary/aromatic N) is 2. The van der Waals surface area contributed by atoms with Crippen molar-refractivity contribution in [2.75, 3.05) is 26.7 Å². The van der Waals surface area contributed by atoms with Crippen LogP contribution < -0.4 is 5.32 Å². The minimum Gasteiger partial charge on any atom is -0.352 e. The molecule has 14 heteroatoms. The Morgan fingerprint density at radius 1 is 1.48 bits per heavy atom. The van der Waals surface area contributed by atoms with E-state index in [0.717, 1.165) is 7.05 Å². The average Bonchev–Trinajstić information content (AvgIpc) is 3.01. The van der Waals surface area contributed by atoms with E-state index in [4.69, 9.17) is 31.7 Å². The maximum absolute atomic E-state index is 12.5. The first kappa shape index (κ1) is 22.3. The molecule has 0 bridgehead atoms. The number of hydrogen-bond acceptors (Lipinski definition) is 5. The van der Waals surface area contributed by atoms with E-state index < -0.39 is 36.5 Å². The van der Waals surface area contributed by atoms with Crippen LogP contribution >= 0.6 is 28.6 Å². The molecule has 0 unspecified atom stereocenters. The molecule has 2 aliphatic heterocycles. The summed E-state index contributed by atoms with van der Waals surface area (Å²) in [7, 11) is 1.02. The monoisotopic (exact) mass is 453 g/mol. The second kappa shape index (κ2) is 8.57. The van der Waals surface area contributed by atoms with Crippen molar-refractivity contribution in [3.8, 4) is 0 Å². The lowest BCUT2D eigenvalue weighted by Gasteiger charge is -2.32. The standard InChI is InChI=1S/C13H17Cl2F3N3O5P/c1-20(11(22)13(16,17)18)5-8-4-19-12(23)21(6-8)10-3-2-9(26-10)7-25-27(14,15)24/h6,9-10H,2-5,7H2,1H3,(H,19,23)/t9-,10+/m0/s1.